The van der Waals surface area contributed by atoms with E-state index in [4.69, 9.17) is 10.00 Å². The van der Waals surface area contributed by atoms with E-state index in [1.54, 1.807) is 19.2 Å². The van der Waals surface area contributed by atoms with Crippen molar-refractivity contribution in [3.8, 4) is 11.8 Å². The van der Waals surface area contributed by atoms with Gasteiger partial charge in [0.2, 0.25) is 0 Å². The minimum absolute atomic E-state index is 0.597. The minimum atomic E-state index is 0.597. The zero-order valence-electron chi connectivity index (χ0n) is 11.4. The Hall–Kier alpha value is -3.13. The molecule has 1 heterocycles. The number of nitrogens with one attached hydrogen (secondary N) is 1. The van der Waals surface area contributed by atoms with E-state index in [-0.39, 0.29) is 0 Å². The summed E-state index contributed by atoms with van der Waals surface area (Å²) in [6.07, 6.45) is 1.50. The second kappa shape index (κ2) is 5.47. The summed E-state index contributed by atoms with van der Waals surface area (Å²) in [6, 6.07) is 15.0. The number of rotatable bonds is 3. The first-order chi connectivity index (χ1) is 10.3. The largest absolute Gasteiger partial charge is 0.497 e. The standard InChI is InChI=1S/C16H12N4O/c1-21-13-5-6-14-15(8-13)18-10-19-16(14)20-12-4-2-3-11(7-12)9-17/h2-8,10H,1H3,(H,18,19,20). The van der Waals surface area contributed by atoms with Crippen molar-refractivity contribution in [1.29, 1.82) is 5.26 Å². The summed E-state index contributed by atoms with van der Waals surface area (Å²) in [5.74, 6) is 1.44. The van der Waals surface area contributed by atoms with Gasteiger partial charge in [0.05, 0.1) is 24.3 Å². The number of ether oxygens (including phenoxy) is 1. The monoisotopic (exact) mass is 276 g/mol. The molecule has 102 valence electrons. The van der Waals surface area contributed by atoms with Crippen LogP contribution in [-0.4, -0.2) is 17.1 Å². The summed E-state index contributed by atoms with van der Waals surface area (Å²) in [6.45, 7) is 0. The molecule has 0 aliphatic rings. The zero-order valence-corrected chi connectivity index (χ0v) is 11.4. The third kappa shape index (κ3) is 2.60. The Bertz CT molecular complexity index is 839. The van der Waals surface area contributed by atoms with E-state index < -0.39 is 0 Å². The smallest absolute Gasteiger partial charge is 0.141 e. The number of benzene rings is 2. The molecule has 2 aromatic carbocycles. The van der Waals surface area contributed by atoms with E-state index in [2.05, 4.69) is 21.4 Å². The van der Waals surface area contributed by atoms with Crippen LogP contribution >= 0.6 is 0 Å². The maximum atomic E-state index is 8.94. The van der Waals surface area contributed by atoms with Gasteiger partial charge in [0.1, 0.15) is 17.9 Å². The van der Waals surface area contributed by atoms with Gasteiger partial charge in [-0.15, -0.1) is 0 Å². The van der Waals surface area contributed by atoms with Gasteiger partial charge in [-0.1, -0.05) is 6.07 Å². The topological polar surface area (TPSA) is 70.8 Å². The molecule has 1 aromatic heterocycles. The minimum Gasteiger partial charge on any atom is -0.497 e. The Morgan fingerprint density at radius 2 is 2.05 bits per heavy atom. The molecular weight excluding hydrogens is 264 g/mol. The molecule has 0 spiro atoms. The lowest BCUT2D eigenvalue weighted by Crippen LogP contribution is -1.96. The zero-order chi connectivity index (χ0) is 14.7. The highest BCUT2D eigenvalue weighted by Crippen LogP contribution is 2.26. The highest BCUT2D eigenvalue weighted by atomic mass is 16.5. The lowest BCUT2D eigenvalue weighted by molar-refractivity contribution is 0.415. The third-order valence-electron chi connectivity index (χ3n) is 3.10. The first-order valence-corrected chi connectivity index (χ1v) is 6.36. The van der Waals surface area contributed by atoms with Crippen molar-refractivity contribution in [1.82, 2.24) is 9.97 Å². The molecular formula is C16H12N4O. The fraction of sp³-hybridized carbons (Fsp3) is 0.0625. The van der Waals surface area contributed by atoms with E-state index in [9.17, 15) is 0 Å². The number of fused-ring (bicyclic) bond motifs is 1. The van der Waals surface area contributed by atoms with Crippen LogP contribution in [0.25, 0.3) is 10.9 Å². The molecule has 0 radical (unpaired) electrons. The van der Waals surface area contributed by atoms with Crippen LogP contribution in [0, 0.1) is 11.3 Å². The van der Waals surface area contributed by atoms with Crippen molar-refractivity contribution >= 4 is 22.4 Å². The number of nitriles is 1. The average Bonchev–Trinajstić information content (AvgIpc) is 2.55. The van der Waals surface area contributed by atoms with Gasteiger partial charge >= 0.3 is 0 Å². The predicted molar refractivity (Wildman–Crippen MR) is 80.5 cm³/mol. The molecule has 5 heteroatoms. The lowest BCUT2D eigenvalue weighted by atomic mass is 10.2. The van der Waals surface area contributed by atoms with Gasteiger partial charge < -0.3 is 10.1 Å². The van der Waals surface area contributed by atoms with Gasteiger partial charge in [-0.25, -0.2) is 9.97 Å². The second-order valence-electron chi connectivity index (χ2n) is 4.42. The molecule has 0 atom stereocenters. The van der Waals surface area contributed by atoms with Gasteiger partial charge in [0.15, 0.2) is 0 Å². The van der Waals surface area contributed by atoms with E-state index in [0.717, 1.165) is 22.3 Å². The number of hydrogen-bond donors (Lipinski definition) is 1. The molecule has 0 saturated heterocycles. The Labute approximate surface area is 121 Å². The van der Waals surface area contributed by atoms with Crippen LogP contribution in [0.1, 0.15) is 5.56 Å². The van der Waals surface area contributed by atoms with Crippen LogP contribution in [-0.2, 0) is 0 Å². The number of methoxy groups -OCH3 is 1. The second-order valence-corrected chi connectivity index (χ2v) is 4.42. The van der Waals surface area contributed by atoms with Crippen LogP contribution in [0.4, 0.5) is 11.5 Å². The van der Waals surface area contributed by atoms with Crippen LogP contribution in [0.3, 0.4) is 0 Å². The van der Waals surface area contributed by atoms with E-state index in [0.29, 0.717) is 11.4 Å². The molecule has 0 aliphatic heterocycles. The summed E-state index contributed by atoms with van der Waals surface area (Å²) in [4.78, 5) is 8.51. The highest BCUT2D eigenvalue weighted by Gasteiger charge is 2.05. The van der Waals surface area contributed by atoms with E-state index >= 15 is 0 Å². The molecule has 1 N–H and O–H groups in total. The molecule has 21 heavy (non-hydrogen) atoms. The van der Waals surface area contributed by atoms with E-state index in [1.165, 1.54) is 6.33 Å². The molecule has 0 saturated carbocycles. The fourth-order valence-corrected chi connectivity index (χ4v) is 2.07. The van der Waals surface area contributed by atoms with Gasteiger partial charge in [-0.05, 0) is 30.3 Å². The summed E-state index contributed by atoms with van der Waals surface area (Å²) in [5, 5.41) is 13.0. The third-order valence-corrected chi connectivity index (χ3v) is 3.10. The van der Waals surface area contributed by atoms with Crippen molar-refractivity contribution in [2.24, 2.45) is 0 Å². The lowest BCUT2D eigenvalue weighted by Gasteiger charge is -2.09. The van der Waals surface area contributed by atoms with Crippen molar-refractivity contribution in [2.45, 2.75) is 0 Å². The Balaban J connectivity index is 2.02. The van der Waals surface area contributed by atoms with Crippen molar-refractivity contribution in [3.05, 3.63) is 54.4 Å². The SMILES string of the molecule is COc1ccc2c(Nc3cccc(C#N)c3)ncnc2c1. The van der Waals surface area contributed by atoms with Crippen molar-refractivity contribution in [3.63, 3.8) is 0 Å². The summed E-state index contributed by atoms with van der Waals surface area (Å²) in [5.41, 5.74) is 2.20. The molecule has 5 nitrogen and oxygen atoms in total. The number of nitrogens with zero attached hydrogens (tertiary/aromatic N) is 3. The average molecular weight is 276 g/mol. The predicted octanol–water partition coefficient (Wildman–Crippen LogP) is 3.25. The molecule has 3 aromatic rings. The van der Waals surface area contributed by atoms with Crippen LogP contribution in [0.5, 0.6) is 5.75 Å². The highest BCUT2D eigenvalue weighted by molar-refractivity contribution is 5.91. The van der Waals surface area contributed by atoms with Crippen molar-refractivity contribution in [2.75, 3.05) is 12.4 Å². The van der Waals surface area contributed by atoms with E-state index in [1.807, 2.05) is 30.3 Å². The summed E-state index contributed by atoms with van der Waals surface area (Å²) < 4.78 is 5.19. The molecule has 0 bridgehead atoms. The van der Waals surface area contributed by atoms with Crippen LogP contribution in [0.2, 0.25) is 0 Å². The molecule has 3 rings (SSSR count). The Morgan fingerprint density at radius 3 is 2.86 bits per heavy atom. The first kappa shape index (κ1) is 12.9. The number of aromatic nitrogens is 2. The molecule has 0 fully saturated rings. The maximum absolute atomic E-state index is 8.94. The van der Waals surface area contributed by atoms with Crippen LogP contribution in [0.15, 0.2) is 48.8 Å². The van der Waals surface area contributed by atoms with Gasteiger partial charge in [-0.3, -0.25) is 0 Å². The Morgan fingerprint density at radius 1 is 1.14 bits per heavy atom. The maximum Gasteiger partial charge on any atom is 0.141 e. The fourth-order valence-electron chi connectivity index (χ4n) is 2.07. The Kier molecular flexibility index (Phi) is 3.36. The van der Waals surface area contributed by atoms with Gasteiger partial charge in [-0.2, -0.15) is 5.26 Å². The molecule has 0 unspecified atom stereocenters. The first-order valence-electron chi connectivity index (χ1n) is 6.36. The molecule has 0 amide bonds. The number of hydrogen-bond acceptors (Lipinski definition) is 5. The molecule has 0 aliphatic carbocycles. The quantitative estimate of drug-likeness (QED) is 0.795. The summed E-state index contributed by atoms with van der Waals surface area (Å²) >= 11 is 0. The van der Waals surface area contributed by atoms with Gasteiger partial charge in [0.25, 0.3) is 0 Å². The van der Waals surface area contributed by atoms with Gasteiger partial charge in [0, 0.05) is 17.1 Å². The number of anilines is 2. The van der Waals surface area contributed by atoms with Crippen LogP contribution < -0.4 is 10.1 Å². The summed E-state index contributed by atoms with van der Waals surface area (Å²) in [7, 11) is 1.62. The normalized spacial score (nSPS) is 10.1. The van der Waals surface area contributed by atoms with Crippen molar-refractivity contribution < 1.29 is 4.74 Å².